The second-order valence-corrected chi connectivity index (χ2v) is 10.5. The zero-order valence-corrected chi connectivity index (χ0v) is 23.8. The lowest BCUT2D eigenvalue weighted by Crippen LogP contribution is -2.61. The quantitative estimate of drug-likeness (QED) is 0.163. The third kappa shape index (κ3) is 5.93. The number of phenols is 1. The van der Waals surface area contributed by atoms with Crippen LogP contribution in [0.3, 0.4) is 0 Å². The Morgan fingerprint density at radius 2 is 1.55 bits per heavy atom. The molecule has 0 bridgehead atoms. The molecule has 2 fully saturated rings. The van der Waals surface area contributed by atoms with Crippen LogP contribution in [0.2, 0.25) is 0 Å². The third-order valence-corrected chi connectivity index (χ3v) is 7.64. The molecule has 10 atom stereocenters. The van der Waals surface area contributed by atoms with Crippen LogP contribution in [-0.2, 0) is 14.2 Å². The molecule has 2 aliphatic heterocycles. The lowest BCUT2D eigenvalue weighted by Gasteiger charge is -2.42. The van der Waals surface area contributed by atoms with Crippen LogP contribution in [0.4, 0.5) is 0 Å². The molecule has 15 nitrogen and oxygen atoms in total. The summed E-state index contributed by atoms with van der Waals surface area (Å²) in [6.07, 6.45) is -15.1. The average molecular weight is 623 g/mol. The number of benzene rings is 2. The number of aliphatic hydroxyl groups is 6. The molecule has 0 spiro atoms. The SMILES string of the molecule is COc1ccc(-c2cc(=O)c3c(O)c(OC)c(OC4C(C)OC(OCC5OC(O)C(O)C(O)C5O)C(O)C4O)cc3o2)cc1. The first-order valence-corrected chi connectivity index (χ1v) is 13.6. The van der Waals surface area contributed by atoms with Crippen molar-refractivity contribution >= 4 is 11.0 Å². The van der Waals surface area contributed by atoms with Crippen molar-refractivity contribution < 1.29 is 68.6 Å². The normalized spacial score (nSPS) is 32.4. The average Bonchev–Trinajstić information content (AvgIpc) is 3.01. The van der Waals surface area contributed by atoms with Crippen LogP contribution in [0.5, 0.6) is 23.0 Å². The van der Waals surface area contributed by atoms with Crippen molar-refractivity contribution in [2.45, 2.75) is 68.3 Å². The molecular weight excluding hydrogens is 588 g/mol. The lowest BCUT2D eigenvalue weighted by atomic mass is 9.98. The molecule has 10 unspecified atom stereocenters. The first-order valence-electron chi connectivity index (χ1n) is 13.6. The molecule has 3 heterocycles. The van der Waals surface area contributed by atoms with E-state index in [1.165, 1.54) is 33.3 Å². The van der Waals surface area contributed by atoms with Gasteiger partial charge in [-0.2, -0.15) is 0 Å². The van der Waals surface area contributed by atoms with E-state index >= 15 is 0 Å². The topological polar surface area (TPSA) is 227 Å². The third-order valence-electron chi connectivity index (χ3n) is 7.64. The number of ether oxygens (including phenoxy) is 6. The molecule has 3 aromatic rings. The Morgan fingerprint density at radius 3 is 2.20 bits per heavy atom. The number of hydrogen-bond acceptors (Lipinski definition) is 15. The largest absolute Gasteiger partial charge is 0.504 e. The Bertz CT molecular complexity index is 1510. The highest BCUT2D eigenvalue weighted by molar-refractivity contribution is 5.89. The monoisotopic (exact) mass is 622 g/mol. The number of aromatic hydroxyl groups is 1. The van der Waals surface area contributed by atoms with E-state index in [1.54, 1.807) is 24.3 Å². The van der Waals surface area contributed by atoms with Gasteiger partial charge in [-0.05, 0) is 31.2 Å². The van der Waals surface area contributed by atoms with Crippen molar-refractivity contribution in [2.75, 3.05) is 20.8 Å². The van der Waals surface area contributed by atoms with Crippen molar-refractivity contribution in [1.29, 1.82) is 0 Å². The Hall–Kier alpha value is -3.51. The van der Waals surface area contributed by atoms with Gasteiger partial charge in [-0.25, -0.2) is 0 Å². The minimum atomic E-state index is -1.79. The van der Waals surface area contributed by atoms with E-state index in [1.807, 2.05) is 0 Å². The maximum Gasteiger partial charge on any atom is 0.204 e. The summed E-state index contributed by atoms with van der Waals surface area (Å²) in [5.41, 5.74) is -0.0311. The molecule has 7 N–H and O–H groups in total. The zero-order valence-electron chi connectivity index (χ0n) is 23.8. The number of phenolic OH excluding ortho intramolecular Hbond substituents is 1. The van der Waals surface area contributed by atoms with Crippen LogP contribution in [-0.4, -0.2) is 118 Å². The van der Waals surface area contributed by atoms with Gasteiger partial charge < -0.3 is 68.6 Å². The standard InChI is InChI=1S/C29H34O15/c1-11-26(23(34)25(36)29(41-11)40-10-18-20(31)22(33)24(35)28(37)44-18)43-17-9-16-19(21(32)27(17)39-3)14(30)8-15(42-16)12-4-6-13(38-2)7-5-12/h4-9,11,18,20,22-26,28-29,31-37H,10H2,1-3H3. The van der Waals surface area contributed by atoms with Gasteiger partial charge >= 0.3 is 0 Å². The minimum absolute atomic E-state index is 0.0437. The minimum Gasteiger partial charge on any atom is -0.504 e. The van der Waals surface area contributed by atoms with Gasteiger partial charge in [0, 0.05) is 17.7 Å². The van der Waals surface area contributed by atoms with Gasteiger partial charge in [-0.1, -0.05) is 0 Å². The molecule has 0 radical (unpaired) electrons. The maximum absolute atomic E-state index is 13.0. The second kappa shape index (κ2) is 12.8. The molecule has 2 aliphatic rings. The smallest absolute Gasteiger partial charge is 0.204 e. The van der Waals surface area contributed by atoms with E-state index in [0.29, 0.717) is 11.3 Å². The Kier molecular flexibility index (Phi) is 9.31. The van der Waals surface area contributed by atoms with Gasteiger partial charge in [0.15, 0.2) is 35.6 Å². The van der Waals surface area contributed by atoms with Crippen molar-refractivity contribution in [2.24, 2.45) is 0 Å². The molecule has 0 amide bonds. The molecule has 1 aromatic heterocycles. The van der Waals surface area contributed by atoms with E-state index in [-0.39, 0.29) is 28.2 Å². The Labute approximate surface area is 249 Å². The van der Waals surface area contributed by atoms with Crippen molar-refractivity contribution in [1.82, 2.24) is 0 Å². The number of hydrogen-bond donors (Lipinski definition) is 7. The summed E-state index contributed by atoms with van der Waals surface area (Å²) < 4.78 is 38.6. The maximum atomic E-state index is 13.0. The fourth-order valence-electron chi connectivity index (χ4n) is 5.15. The van der Waals surface area contributed by atoms with E-state index in [9.17, 15) is 40.5 Å². The van der Waals surface area contributed by atoms with Crippen molar-refractivity contribution in [3.63, 3.8) is 0 Å². The molecule has 2 saturated heterocycles. The number of aliphatic hydroxyl groups excluding tert-OH is 6. The highest BCUT2D eigenvalue weighted by atomic mass is 16.7. The van der Waals surface area contributed by atoms with E-state index in [2.05, 4.69) is 0 Å². The molecule has 2 aromatic carbocycles. The van der Waals surface area contributed by atoms with Crippen LogP contribution >= 0.6 is 0 Å². The second-order valence-electron chi connectivity index (χ2n) is 10.5. The number of fused-ring (bicyclic) bond motifs is 1. The first-order chi connectivity index (χ1) is 20.9. The summed E-state index contributed by atoms with van der Waals surface area (Å²) in [5, 5.41) is 71.9. The predicted molar refractivity (Wildman–Crippen MR) is 148 cm³/mol. The van der Waals surface area contributed by atoms with Gasteiger partial charge in [0.05, 0.1) is 26.9 Å². The van der Waals surface area contributed by atoms with Crippen molar-refractivity contribution in [3.8, 4) is 34.3 Å². The van der Waals surface area contributed by atoms with Gasteiger partial charge in [-0.15, -0.1) is 0 Å². The van der Waals surface area contributed by atoms with E-state index in [0.717, 1.165) is 0 Å². The highest BCUT2D eigenvalue weighted by Gasteiger charge is 2.47. The van der Waals surface area contributed by atoms with Gasteiger partial charge in [0.2, 0.25) is 5.75 Å². The van der Waals surface area contributed by atoms with Crippen LogP contribution < -0.4 is 19.6 Å². The predicted octanol–water partition coefficient (Wildman–Crippen LogP) is -0.787. The molecule has 240 valence electrons. The Morgan fingerprint density at radius 1 is 0.841 bits per heavy atom. The van der Waals surface area contributed by atoms with Crippen molar-refractivity contribution in [3.05, 3.63) is 46.6 Å². The molecule has 15 heteroatoms. The zero-order chi connectivity index (χ0) is 31.9. The lowest BCUT2D eigenvalue weighted by molar-refractivity contribution is -0.320. The molecular formula is C29H34O15. The summed E-state index contributed by atoms with van der Waals surface area (Å²) in [6.45, 7) is 1.03. The fourth-order valence-corrected chi connectivity index (χ4v) is 5.15. The summed E-state index contributed by atoms with van der Waals surface area (Å²) >= 11 is 0. The van der Waals surface area contributed by atoms with E-state index in [4.69, 9.17) is 32.8 Å². The number of rotatable bonds is 8. The van der Waals surface area contributed by atoms with Crippen LogP contribution in [0.1, 0.15) is 6.92 Å². The first kappa shape index (κ1) is 31.9. The summed E-state index contributed by atoms with van der Waals surface area (Å²) in [7, 11) is 2.76. The molecule has 0 aliphatic carbocycles. The van der Waals surface area contributed by atoms with E-state index < -0.39 is 79.2 Å². The summed E-state index contributed by atoms with van der Waals surface area (Å²) in [5.74, 6) is -0.108. The summed E-state index contributed by atoms with van der Waals surface area (Å²) in [6, 6.07) is 9.29. The molecule has 44 heavy (non-hydrogen) atoms. The fraction of sp³-hybridized carbons (Fsp3) is 0.483. The van der Waals surface area contributed by atoms with Gasteiger partial charge in [0.25, 0.3) is 0 Å². The van der Waals surface area contributed by atoms with Gasteiger partial charge in [0.1, 0.15) is 59.1 Å². The number of methoxy groups -OCH3 is 2. The van der Waals surface area contributed by atoms with Gasteiger partial charge in [-0.3, -0.25) is 4.79 Å². The van der Waals surface area contributed by atoms with Crippen LogP contribution in [0, 0.1) is 0 Å². The van der Waals surface area contributed by atoms with Crippen LogP contribution in [0.15, 0.2) is 45.6 Å². The molecule has 5 rings (SSSR count). The highest BCUT2D eigenvalue weighted by Crippen LogP contribution is 2.43. The van der Waals surface area contributed by atoms with Crippen LogP contribution in [0.25, 0.3) is 22.3 Å². The summed E-state index contributed by atoms with van der Waals surface area (Å²) in [4.78, 5) is 13.0. The Balaban J connectivity index is 1.36. The molecule has 0 saturated carbocycles.